The molecule has 9 rings (SSSR count). The van der Waals surface area contributed by atoms with Crippen LogP contribution in [-0.2, 0) is 27.2 Å². The first-order valence-corrected chi connectivity index (χ1v) is 22.7. The Morgan fingerprint density at radius 3 is 2.19 bits per heavy atom. The number of hydrogen-bond donors (Lipinski definition) is 2. The van der Waals surface area contributed by atoms with Gasteiger partial charge in [0.2, 0.25) is 0 Å². The highest BCUT2D eigenvalue weighted by atomic mass is 35.5. The summed E-state index contributed by atoms with van der Waals surface area (Å²) < 4.78 is 6.94. The molecule has 1 atom stereocenters. The number of rotatable bonds is 14. The Morgan fingerprint density at radius 1 is 0.825 bits per heavy atom. The number of likely N-dealkylation sites (N-methyl/N-ethyl adjacent to an activating group) is 1. The van der Waals surface area contributed by atoms with Crippen LogP contribution in [0.2, 0.25) is 0 Å². The monoisotopic (exact) mass is 886 g/mol. The van der Waals surface area contributed by atoms with Gasteiger partial charge in [0.1, 0.15) is 11.5 Å². The number of amides is 4. The number of thiophene rings is 1. The molecule has 3 aliphatic rings. The van der Waals surface area contributed by atoms with Gasteiger partial charge in [-0.05, 0) is 90.8 Å². The highest BCUT2D eigenvalue weighted by molar-refractivity contribution is 7.17. The van der Waals surface area contributed by atoms with Crippen LogP contribution in [0, 0.1) is 6.92 Å². The molecule has 3 aliphatic heterocycles. The molecule has 6 aromatic rings. The quantitative estimate of drug-likeness (QED) is 0.0484. The smallest absolute Gasteiger partial charge is 0.409 e. The Hall–Kier alpha value is -6.09. The van der Waals surface area contributed by atoms with Crippen molar-refractivity contribution in [2.75, 3.05) is 57.1 Å². The highest BCUT2D eigenvalue weighted by Gasteiger charge is 2.37. The average Bonchev–Trinajstić information content (AvgIpc) is 4.11. The summed E-state index contributed by atoms with van der Waals surface area (Å²) in [5, 5.41) is 4.66. The molecule has 0 unspecified atom stereocenters. The van der Waals surface area contributed by atoms with E-state index in [0.717, 1.165) is 73.7 Å². The fourth-order valence-electron chi connectivity index (χ4n) is 8.96. The molecule has 3 aromatic carbocycles. The number of nitrogens with one attached hydrogen (secondary N) is 2. The van der Waals surface area contributed by atoms with E-state index in [1.807, 2.05) is 73.9 Å². The maximum absolute atomic E-state index is 14.4. The zero-order chi connectivity index (χ0) is 43.9. The molecule has 1 saturated heterocycles. The third kappa shape index (κ3) is 8.54. The number of unbranched alkanes of at least 4 members (excludes halogenated alkanes) is 2. The molecular formula is C48H47ClN6O7S. The van der Waals surface area contributed by atoms with E-state index in [0.29, 0.717) is 74.1 Å². The van der Waals surface area contributed by atoms with Crippen molar-refractivity contribution in [1.82, 2.24) is 24.7 Å². The number of piperazine rings is 1. The van der Waals surface area contributed by atoms with Crippen molar-refractivity contribution in [2.45, 2.75) is 51.4 Å². The summed E-state index contributed by atoms with van der Waals surface area (Å²) in [6, 6.07) is 16.8. The van der Waals surface area contributed by atoms with Crippen LogP contribution >= 0.6 is 22.9 Å². The number of Topliss-reactive ketones (excluding diaryl/α,β-unsaturated/α-hetero) is 2. The number of carbonyl (C=O) groups excluding carboxylic acids is 6. The van der Waals surface area contributed by atoms with E-state index >= 15 is 0 Å². The van der Waals surface area contributed by atoms with Crippen LogP contribution in [-0.4, -0.2) is 112 Å². The number of ether oxygens (including phenoxy) is 1. The van der Waals surface area contributed by atoms with Crippen molar-refractivity contribution in [3.63, 3.8) is 0 Å². The molecule has 4 amide bonds. The van der Waals surface area contributed by atoms with Crippen molar-refractivity contribution in [2.24, 2.45) is 0 Å². The second-order valence-corrected chi connectivity index (χ2v) is 18.0. The van der Waals surface area contributed by atoms with Crippen molar-refractivity contribution < 1.29 is 33.5 Å². The minimum Gasteiger partial charge on any atom is -0.409 e. The molecule has 324 valence electrons. The zero-order valence-corrected chi connectivity index (χ0v) is 36.7. The summed E-state index contributed by atoms with van der Waals surface area (Å²) in [4.78, 5) is 90.9. The Morgan fingerprint density at radius 2 is 1.49 bits per heavy atom. The molecule has 2 N–H and O–H groups in total. The van der Waals surface area contributed by atoms with Crippen LogP contribution in [0.1, 0.15) is 74.8 Å². The Labute approximate surface area is 372 Å². The Balaban J connectivity index is 0.856. The lowest BCUT2D eigenvalue weighted by atomic mass is 9.97. The number of anilines is 1. The number of imide groups is 1. The second-order valence-electron chi connectivity index (χ2n) is 16.9. The van der Waals surface area contributed by atoms with E-state index in [9.17, 15) is 28.8 Å². The van der Waals surface area contributed by atoms with Gasteiger partial charge in [-0.1, -0.05) is 18.6 Å². The number of hydrogen-bond acceptors (Lipinski definition) is 9. The molecule has 0 saturated carbocycles. The molecule has 63 heavy (non-hydrogen) atoms. The van der Waals surface area contributed by atoms with Crippen LogP contribution in [0.3, 0.4) is 0 Å². The zero-order valence-electron chi connectivity index (χ0n) is 35.1. The van der Waals surface area contributed by atoms with E-state index in [1.54, 1.807) is 9.80 Å². The second kappa shape index (κ2) is 17.6. The van der Waals surface area contributed by atoms with Crippen molar-refractivity contribution >= 4 is 95.9 Å². The molecule has 0 aliphatic carbocycles. The molecule has 15 heteroatoms. The topological polar surface area (TPSA) is 156 Å². The van der Waals surface area contributed by atoms with Gasteiger partial charge in [-0.3, -0.25) is 28.9 Å². The number of aryl methyl sites for hydroxylation is 1. The van der Waals surface area contributed by atoms with E-state index in [4.69, 9.17) is 16.3 Å². The number of halogens is 1. The molecule has 3 aromatic heterocycles. The number of carbonyl (C=O) groups is 6. The van der Waals surface area contributed by atoms with Crippen molar-refractivity contribution in [3.8, 4) is 5.75 Å². The molecule has 0 radical (unpaired) electrons. The maximum Gasteiger partial charge on any atom is 0.415 e. The fraction of sp³-hybridized carbons (Fsp3) is 0.333. The number of H-pyrrole nitrogens is 2. The molecule has 1 fully saturated rings. The lowest BCUT2D eigenvalue weighted by Crippen LogP contribution is -2.48. The van der Waals surface area contributed by atoms with Crippen LogP contribution in [0.15, 0.2) is 72.1 Å². The summed E-state index contributed by atoms with van der Waals surface area (Å²) in [6.07, 6.45) is 5.06. The standard InChI is InChI=1S/C48H47ClN6O7S/c1-28-27-63-46-41(62-48(61)53-16-14-52(2)15-17-53)24-39-45(44(28)46)33(25-49)26-55(39)47(60)38-23-32-19-30(8-10-36(32)51-38)21-40(57)37-22-31-18-29(7-9-35(31)50-37)20-34(56)6-4-3-5-13-54-42(58)11-12-43(54)59/h7-12,18-19,22-24,27,33,50-51H,3-6,13-17,20-21,25-26H2,1-2H3/t33-/m0/s1. The highest BCUT2D eigenvalue weighted by Crippen LogP contribution is 2.49. The van der Waals surface area contributed by atoms with Crippen LogP contribution in [0.4, 0.5) is 10.5 Å². The van der Waals surface area contributed by atoms with Gasteiger partial charge in [0, 0.05) is 116 Å². The third-order valence-electron chi connectivity index (χ3n) is 12.4. The lowest BCUT2D eigenvalue weighted by Gasteiger charge is -2.31. The van der Waals surface area contributed by atoms with Gasteiger partial charge in [0.25, 0.3) is 17.7 Å². The summed E-state index contributed by atoms with van der Waals surface area (Å²) in [6.45, 7) is 5.46. The predicted molar refractivity (Wildman–Crippen MR) is 244 cm³/mol. The number of ketones is 2. The molecule has 13 nitrogen and oxygen atoms in total. The van der Waals surface area contributed by atoms with Crippen LogP contribution in [0.5, 0.6) is 5.75 Å². The van der Waals surface area contributed by atoms with Crippen molar-refractivity contribution in [3.05, 3.63) is 106 Å². The van der Waals surface area contributed by atoms with Gasteiger partial charge < -0.3 is 29.4 Å². The number of nitrogens with zero attached hydrogens (tertiary/aromatic N) is 4. The largest absolute Gasteiger partial charge is 0.415 e. The van der Waals surface area contributed by atoms with Crippen LogP contribution in [0.25, 0.3) is 31.9 Å². The predicted octanol–water partition coefficient (Wildman–Crippen LogP) is 7.92. The van der Waals surface area contributed by atoms with E-state index in [-0.39, 0.29) is 48.0 Å². The van der Waals surface area contributed by atoms with Crippen LogP contribution < -0.4 is 9.64 Å². The summed E-state index contributed by atoms with van der Waals surface area (Å²) >= 11 is 8.09. The van der Waals surface area contributed by atoms with E-state index in [1.165, 1.54) is 28.4 Å². The summed E-state index contributed by atoms with van der Waals surface area (Å²) in [5.74, 6) is -0.158. The van der Waals surface area contributed by atoms with Crippen molar-refractivity contribution in [1.29, 1.82) is 0 Å². The number of benzene rings is 3. The molecule has 0 spiro atoms. The van der Waals surface area contributed by atoms with E-state index in [2.05, 4.69) is 14.9 Å². The van der Waals surface area contributed by atoms with Gasteiger partial charge >= 0.3 is 6.09 Å². The van der Waals surface area contributed by atoms with Gasteiger partial charge in [-0.15, -0.1) is 22.9 Å². The molecule has 6 heterocycles. The van der Waals surface area contributed by atoms with Gasteiger partial charge in [0.05, 0.1) is 16.1 Å². The number of aromatic nitrogens is 2. The fourth-order valence-corrected chi connectivity index (χ4v) is 10.2. The van der Waals surface area contributed by atoms with Gasteiger partial charge in [0.15, 0.2) is 11.5 Å². The summed E-state index contributed by atoms with van der Waals surface area (Å²) in [5.41, 5.74) is 6.78. The Kier molecular flexibility index (Phi) is 11.8. The van der Waals surface area contributed by atoms with Gasteiger partial charge in [-0.25, -0.2) is 4.79 Å². The first-order valence-electron chi connectivity index (χ1n) is 21.3. The first-order chi connectivity index (χ1) is 30.4. The SMILES string of the molecule is Cc1csc2c(OC(=O)N3CCN(C)CC3)cc3c(c12)[C@@H](CCl)CN3C(=O)c1cc2cc(CC(=O)c3cc4cc(CC(=O)CCCCCN5C(=O)C=CC5=O)ccc4[nH]3)ccc2[nH]1. The Bertz CT molecular complexity index is 2850. The number of alkyl halides is 1. The molecule has 0 bridgehead atoms. The first kappa shape index (κ1) is 42.2. The number of aromatic amines is 2. The third-order valence-corrected chi connectivity index (χ3v) is 13.9. The number of fused-ring (bicyclic) bond motifs is 5. The molecular weight excluding hydrogens is 840 g/mol. The maximum atomic E-state index is 14.4. The minimum atomic E-state index is -0.402. The van der Waals surface area contributed by atoms with E-state index < -0.39 is 6.09 Å². The lowest BCUT2D eigenvalue weighted by molar-refractivity contribution is -0.136. The summed E-state index contributed by atoms with van der Waals surface area (Å²) in [7, 11) is 2.03. The average molecular weight is 887 g/mol. The van der Waals surface area contributed by atoms with Gasteiger partial charge in [-0.2, -0.15) is 0 Å². The minimum absolute atomic E-state index is 0.0944. The normalized spacial score (nSPS) is 16.6.